The number of hydrogen-bond acceptors (Lipinski definition) is 3. The van der Waals surface area contributed by atoms with Gasteiger partial charge in [0.2, 0.25) is 0 Å². The number of ether oxygens (including phenoxy) is 1. The highest BCUT2D eigenvalue weighted by atomic mass is 35.5. The van der Waals surface area contributed by atoms with Gasteiger partial charge in [0.1, 0.15) is 23.9 Å². The minimum absolute atomic E-state index is 0.211. The number of carbonyl (C=O) groups is 1. The standard InChI is InChI=1S/C20H12Cl4O3/c21-12-1-6-16(18(23)9-12)20(25)8-5-13-2-3-15(27-13)11-26-14-4-7-17(22)19(24)10-14/h1-10H,11H2/b8-5+. The number of benzene rings is 2. The van der Waals surface area contributed by atoms with E-state index in [-0.39, 0.29) is 12.4 Å². The lowest BCUT2D eigenvalue weighted by atomic mass is 10.1. The molecule has 0 aliphatic heterocycles. The van der Waals surface area contributed by atoms with E-state index in [4.69, 9.17) is 55.6 Å². The van der Waals surface area contributed by atoms with E-state index in [9.17, 15) is 4.79 Å². The molecule has 7 heteroatoms. The second-order valence-electron chi connectivity index (χ2n) is 5.49. The molecule has 0 N–H and O–H groups in total. The lowest BCUT2D eigenvalue weighted by Crippen LogP contribution is -1.95. The number of halogens is 4. The number of carbonyl (C=O) groups excluding carboxylic acids is 1. The van der Waals surface area contributed by atoms with E-state index in [1.54, 1.807) is 48.5 Å². The van der Waals surface area contributed by atoms with Crippen LogP contribution in [0.25, 0.3) is 6.08 Å². The number of allylic oxidation sites excluding steroid dienone is 1. The molecule has 0 aliphatic rings. The quantitative estimate of drug-likeness (QED) is 0.296. The second-order valence-corrected chi connectivity index (χ2v) is 7.15. The Labute approximate surface area is 176 Å². The molecule has 2 aromatic carbocycles. The summed E-state index contributed by atoms with van der Waals surface area (Å²) in [6, 6.07) is 13.2. The van der Waals surface area contributed by atoms with E-state index in [1.807, 2.05) is 0 Å². The highest BCUT2D eigenvalue weighted by Crippen LogP contribution is 2.27. The first-order chi connectivity index (χ1) is 12.9. The Kier molecular flexibility index (Phi) is 6.51. The van der Waals surface area contributed by atoms with Gasteiger partial charge in [0.05, 0.1) is 15.1 Å². The SMILES string of the molecule is O=C(/C=C/c1ccc(COc2ccc(Cl)c(Cl)c2)o1)c1ccc(Cl)cc1Cl. The van der Waals surface area contributed by atoms with Gasteiger partial charge in [-0.3, -0.25) is 4.79 Å². The molecule has 0 saturated heterocycles. The van der Waals surface area contributed by atoms with E-state index in [0.29, 0.717) is 42.9 Å². The van der Waals surface area contributed by atoms with E-state index in [0.717, 1.165) is 0 Å². The maximum absolute atomic E-state index is 12.2. The first-order valence-electron chi connectivity index (χ1n) is 7.76. The maximum Gasteiger partial charge on any atom is 0.187 e. The van der Waals surface area contributed by atoms with Gasteiger partial charge in [-0.1, -0.05) is 46.4 Å². The van der Waals surface area contributed by atoms with Gasteiger partial charge in [0.15, 0.2) is 5.78 Å². The summed E-state index contributed by atoms with van der Waals surface area (Å²) >= 11 is 23.7. The molecule has 3 nitrogen and oxygen atoms in total. The maximum atomic E-state index is 12.2. The molecule has 0 spiro atoms. The monoisotopic (exact) mass is 440 g/mol. The summed E-state index contributed by atoms with van der Waals surface area (Å²) in [6.45, 7) is 0.211. The Morgan fingerprint density at radius 2 is 1.74 bits per heavy atom. The molecule has 138 valence electrons. The van der Waals surface area contributed by atoms with Crippen LogP contribution in [0, 0.1) is 0 Å². The Hall–Kier alpha value is -1.91. The average Bonchev–Trinajstić information content (AvgIpc) is 3.08. The minimum atomic E-state index is -0.248. The van der Waals surface area contributed by atoms with Gasteiger partial charge in [0, 0.05) is 16.7 Å². The van der Waals surface area contributed by atoms with Crippen molar-refractivity contribution in [3.8, 4) is 5.75 Å². The highest BCUT2D eigenvalue weighted by molar-refractivity contribution is 6.42. The predicted octanol–water partition coefficient (Wildman–Crippen LogP) is 7.37. The molecule has 27 heavy (non-hydrogen) atoms. The molecule has 0 unspecified atom stereocenters. The van der Waals surface area contributed by atoms with Crippen molar-refractivity contribution in [1.29, 1.82) is 0 Å². The molecule has 0 aliphatic carbocycles. The minimum Gasteiger partial charge on any atom is -0.486 e. The summed E-state index contributed by atoms with van der Waals surface area (Å²) in [6.07, 6.45) is 2.95. The number of furan rings is 1. The van der Waals surface area contributed by atoms with Crippen LogP contribution in [0.2, 0.25) is 20.1 Å². The smallest absolute Gasteiger partial charge is 0.187 e. The topological polar surface area (TPSA) is 39.4 Å². The van der Waals surface area contributed by atoms with Crippen LogP contribution >= 0.6 is 46.4 Å². The van der Waals surface area contributed by atoms with Crippen molar-refractivity contribution in [3.05, 3.63) is 91.8 Å². The van der Waals surface area contributed by atoms with Crippen LogP contribution < -0.4 is 4.74 Å². The largest absolute Gasteiger partial charge is 0.486 e. The van der Waals surface area contributed by atoms with Gasteiger partial charge in [-0.2, -0.15) is 0 Å². The molecule has 1 heterocycles. The molecular weight excluding hydrogens is 430 g/mol. The fourth-order valence-corrected chi connectivity index (χ4v) is 3.01. The molecule has 0 atom stereocenters. The van der Waals surface area contributed by atoms with Crippen LogP contribution in [0.3, 0.4) is 0 Å². The van der Waals surface area contributed by atoms with Crippen LogP contribution in [-0.4, -0.2) is 5.78 Å². The lowest BCUT2D eigenvalue weighted by Gasteiger charge is -2.05. The lowest BCUT2D eigenvalue weighted by molar-refractivity contribution is 0.104. The van der Waals surface area contributed by atoms with Crippen LogP contribution in [0.4, 0.5) is 0 Å². The Bertz CT molecular complexity index is 1010. The molecule has 0 radical (unpaired) electrons. The zero-order valence-electron chi connectivity index (χ0n) is 13.7. The fraction of sp³-hybridized carbons (Fsp3) is 0.0500. The first kappa shape index (κ1) is 19.8. The van der Waals surface area contributed by atoms with Crippen LogP contribution in [0.15, 0.2) is 59.0 Å². The van der Waals surface area contributed by atoms with Crippen LogP contribution in [0.5, 0.6) is 5.75 Å². The van der Waals surface area contributed by atoms with Gasteiger partial charge in [0.25, 0.3) is 0 Å². The summed E-state index contributed by atoms with van der Waals surface area (Å²) in [5.74, 6) is 1.44. The van der Waals surface area contributed by atoms with E-state index in [2.05, 4.69) is 0 Å². The first-order valence-corrected chi connectivity index (χ1v) is 9.27. The van der Waals surface area contributed by atoms with E-state index >= 15 is 0 Å². The van der Waals surface area contributed by atoms with E-state index in [1.165, 1.54) is 12.1 Å². The molecule has 0 saturated carbocycles. The van der Waals surface area contributed by atoms with Crippen molar-refractivity contribution in [3.63, 3.8) is 0 Å². The van der Waals surface area contributed by atoms with Crippen molar-refractivity contribution in [2.75, 3.05) is 0 Å². The van der Waals surface area contributed by atoms with Gasteiger partial charge in [-0.25, -0.2) is 0 Å². The normalized spacial score (nSPS) is 11.1. The summed E-state index contributed by atoms with van der Waals surface area (Å²) in [7, 11) is 0. The molecule has 0 bridgehead atoms. The van der Waals surface area contributed by atoms with Gasteiger partial charge < -0.3 is 9.15 Å². The van der Waals surface area contributed by atoms with Crippen molar-refractivity contribution in [2.24, 2.45) is 0 Å². The average molecular weight is 442 g/mol. The molecule has 1 aromatic heterocycles. The predicted molar refractivity (Wildman–Crippen MR) is 109 cm³/mol. The van der Waals surface area contributed by atoms with Crippen molar-refractivity contribution < 1.29 is 13.9 Å². The van der Waals surface area contributed by atoms with Crippen molar-refractivity contribution in [1.82, 2.24) is 0 Å². The van der Waals surface area contributed by atoms with Crippen LogP contribution in [-0.2, 0) is 6.61 Å². The number of rotatable bonds is 6. The molecule has 3 rings (SSSR count). The zero-order valence-corrected chi connectivity index (χ0v) is 16.7. The highest BCUT2D eigenvalue weighted by Gasteiger charge is 2.08. The summed E-state index contributed by atoms with van der Waals surface area (Å²) in [5, 5.41) is 1.64. The molecule has 0 fully saturated rings. The molecule has 3 aromatic rings. The zero-order chi connectivity index (χ0) is 19.4. The Morgan fingerprint density at radius 1 is 0.926 bits per heavy atom. The Morgan fingerprint density at radius 3 is 2.48 bits per heavy atom. The summed E-state index contributed by atoms with van der Waals surface area (Å²) in [4.78, 5) is 12.2. The van der Waals surface area contributed by atoms with Gasteiger partial charge in [-0.05, 0) is 54.6 Å². The second kappa shape index (κ2) is 8.85. The Balaban J connectivity index is 1.62. The number of hydrogen-bond donors (Lipinski definition) is 0. The van der Waals surface area contributed by atoms with Crippen molar-refractivity contribution in [2.45, 2.75) is 6.61 Å². The van der Waals surface area contributed by atoms with Crippen LogP contribution in [0.1, 0.15) is 21.9 Å². The third-order valence-electron chi connectivity index (χ3n) is 3.55. The summed E-state index contributed by atoms with van der Waals surface area (Å²) in [5.41, 5.74) is 0.368. The van der Waals surface area contributed by atoms with E-state index < -0.39 is 0 Å². The van der Waals surface area contributed by atoms with Gasteiger partial charge >= 0.3 is 0 Å². The molecule has 0 amide bonds. The van der Waals surface area contributed by atoms with Gasteiger partial charge in [-0.15, -0.1) is 0 Å². The molecular formula is C20H12Cl4O3. The number of ketones is 1. The van der Waals surface area contributed by atoms with Crippen molar-refractivity contribution >= 4 is 58.3 Å². The summed E-state index contributed by atoms with van der Waals surface area (Å²) < 4.78 is 11.2. The fourth-order valence-electron chi connectivity index (χ4n) is 2.22. The third-order valence-corrected chi connectivity index (χ3v) is 4.84. The third kappa shape index (κ3) is 5.30.